The highest BCUT2D eigenvalue weighted by molar-refractivity contribution is 5.88. The third kappa shape index (κ3) is 3.31. The molecule has 5 nitrogen and oxygen atoms in total. The molecular formula is C13H23N3O2. The maximum atomic E-state index is 11.9. The first-order valence-electron chi connectivity index (χ1n) is 6.52. The van der Waals surface area contributed by atoms with Gasteiger partial charge in [-0.2, -0.15) is 0 Å². The summed E-state index contributed by atoms with van der Waals surface area (Å²) in [5.74, 6) is -0.384. The maximum absolute atomic E-state index is 11.9. The number of nitrogens with zero attached hydrogens (tertiary/aromatic N) is 3. The van der Waals surface area contributed by atoms with Gasteiger partial charge in [0.05, 0.1) is 12.3 Å². The zero-order valence-corrected chi connectivity index (χ0v) is 12.0. The van der Waals surface area contributed by atoms with Gasteiger partial charge in [0.2, 0.25) is 0 Å². The molecule has 0 spiro atoms. The molecule has 0 aliphatic rings. The van der Waals surface area contributed by atoms with Crippen LogP contribution in [0.25, 0.3) is 0 Å². The molecule has 0 aliphatic heterocycles. The Balaban J connectivity index is 3.11. The van der Waals surface area contributed by atoms with Gasteiger partial charge in [-0.1, -0.05) is 39.3 Å². The average Bonchev–Trinajstić information content (AvgIpc) is 2.70. The topological polar surface area (TPSA) is 57.0 Å². The molecule has 0 fully saturated rings. The van der Waals surface area contributed by atoms with Gasteiger partial charge in [-0.3, -0.25) is 0 Å². The molecule has 0 unspecified atom stereocenters. The van der Waals surface area contributed by atoms with Gasteiger partial charge in [0, 0.05) is 12.0 Å². The minimum absolute atomic E-state index is 0.181. The van der Waals surface area contributed by atoms with Crippen molar-refractivity contribution < 1.29 is 9.53 Å². The number of esters is 1. The first kappa shape index (κ1) is 14.7. The van der Waals surface area contributed by atoms with Gasteiger partial charge in [0.15, 0.2) is 5.69 Å². The maximum Gasteiger partial charge on any atom is 0.360 e. The van der Waals surface area contributed by atoms with Gasteiger partial charge in [-0.25, -0.2) is 9.48 Å². The van der Waals surface area contributed by atoms with Crippen LogP contribution in [-0.4, -0.2) is 27.6 Å². The van der Waals surface area contributed by atoms with Crippen molar-refractivity contribution in [1.82, 2.24) is 15.0 Å². The molecule has 0 radical (unpaired) electrons. The molecule has 0 aromatic carbocycles. The van der Waals surface area contributed by atoms with E-state index in [1.54, 1.807) is 6.92 Å². The quantitative estimate of drug-likeness (QED) is 0.757. The van der Waals surface area contributed by atoms with Gasteiger partial charge in [0.1, 0.15) is 0 Å². The molecule has 5 heteroatoms. The van der Waals surface area contributed by atoms with Crippen LogP contribution < -0.4 is 0 Å². The van der Waals surface area contributed by atoms with E-state index in [4.69, 9.17) is 4.74 Å². The molecule has 102 valence electrons. The van der Waals surface area contributed by atoms with Crippen molar-refractivity contribution in [3.63, 3.8) is 0 Å². The van der Waals surface area contributed by atoms with Crippen LogP contribution >= 0.6 is 0 Å². The second-order valence-electron chi connectivity index (χ2n) is 5.33. The lowest BCUT2D eigenvalue weighted by Gasteiger charge is -2.20. The standard InChI is InChI=1S/C13H23N3O2/c1-6-8-9-16-11(13(3,4)5)10(14-15-16)12(17)18-7-2/h6-9H2,1-5H3. The van der Waals surface area contributed by atoms with Gasteiger partial charge in [-0.05, 0) is 13.3 Å². The lowest BCUT2D eigenvalue weighted by Crippen LogP contribution is -2.22. The van der Waals surface area contributed by atoms with Crippen LogP contribution in [0.1, 0.15) is 63.6 Å². The van der Waals surface area contributed by atoms with Gasteiger partial charge < -0.3 is 4.74 Å². The normalized spacial score (nSPS) is 11.6. The van der Waals surface area contributed by atoms with Crippen LogP contribution in [0.4, 0.5) is 0 Å². The summed E-state index contributed by atoms with van der Waals surface area (Å²) in [7, 11) is 0. The van der Waals surface area contributed by atoms with E-state index in [9.17, 15) is 4.79 Å². The number of hydrogen-bond donors (Lipinski definition) is 0. The molecule has 0 aliphatic carbocycles. The van der Waals surface area contributed by atoms with Crippen LogP contribution in [0.15, 0.2) is 0 Å². The van der Waals surface area contributed by atoms with E-state index in [1.807, 2.05) is 4.68 Å². The summed E-state index contributed by atoms with van der Waals surface area (Å²) in [5.41, 5.74) is 1.02. The Morgan fingerprint density at radius 2 is 2.00 bits per heavy atom. The number of aryl methyl sites for hydroxylation is 1. The third-order valence-corrected chi connectivity index (χ3v) is 2.64. The molecule has 1 heterocycles. The van der Waals surface area contributed by atoms with Gasteiger partial charge >= 0.3 is 5.97 Å². The Kier molecular flexibility index (Phi) is 4.87. The van der Waals surface area contributed by atoms with Crippen molar-refractivity contribution in [1.29, 1.82) is 0 Å². The number of hydrogen-bond acceptors (Lipinski definition) is 4. The van der Waals surface area contributed by atoms with E-state index in [2.05, 4.69) is 38.0 Å². The van der Waals surface area contributed by atoms with E-state index < -0.39 is 0 Å². The molecule has 0 N–H and O–H groups in total. The number of ether oxygens (including phenoxy) is 1. The summed E-state index contributed by atoms with van der Waals surface area (Å²) in [6, 6.07) is 0. The zero-order chi connectivity index (χ0) is 13.8. The highest BCUT2D eigenvalue weighted by Crippen LogP contribution is 2.25. The third-order valence-electron chi connectivity index (χ3n) is 2.64. The van der Waals surface area contributed by atoms with E-state index >= 15 is 0 Å². The van der Waals surface area contributed by atoms with Crippen molar-refractivity contribution >= 4 is 5.97 Å². The minimum Gasteiger partial charge on any atom is -0.461 e. The molecule has 0 saturated heterocycles. The summed E-state index contributed by atoms with van der Waals surface area (Å²) < 4.78 is 6.86. The summed E-state index contributed by atoms with van der Waals surface area (Å²) in [4.78, 5) is 11.9. The van der Waals surface area contributed by atoms with Crippen LogP contribution in [0, 0.1) is 0 Å². The highest BCUT2D eigenvalue weighted by atomic mass is 16.5. The molecule has 0 saturated carbocycles. The Labute approximate surface area is 109 Å². The first-order valence-corrected chi connectivity index (χ1v) is 6.52. The molecule has 1 aromatic rings. The first-order chi connectivity index (χ1) is 8.41. The fourth-order valence-electron chi connectivity index (χ4n) is 1.86. The van der Waals surface area contributed by atoms with Crippen molar-refractivity contribution in [2.45, 2.75) is 59.4 Å². The number of aromatic nitrogens is 3. The number of carbonyl (C=O) groups is 1. The van der Waals surface area contributed by atoms with Crippen LogP contribution in [0.5, 0.6) is 0 Å². The van der Waals surface area contributed by atoms with Crippen molar-refractivity contribution in [2.24, 2.45) is 0 Å². The summed E-state index contributed by atoms with van der Waals surface area (Å²) in [6.45, 7) is 11.2. The Hall–Kier alpha value is -1.39. The fourth-order valence-corrected chi connectivity index (χ4v) is 1.86. The van der Waals surface area contributed by atoms with Crippen molar-refractivity contribution in [2.75, 3.05) is 6.61 Å². The van der Waals surface area contributed by atoms with E-state index in [0.29, 0.717) is 12.3 Å². The van der Waals surface area contributed by atoms with E-state index in [1.165, 1.54) is 0 Å². The molecular weight excluding hydrogens is 230 g/mol. The molecule has 0 amide bonds. The largest absolute Gasteiger partial charge is 0.461 e. The highest BCUT2D eigenvalue weighted by Gasteiger charge is 2.29. The van der Waals surface area contributed by atoms with Crippen molar-refractivity contribution in [3.8, 4) is 0 Å². The Morgan fingerprint density at radius 1 is 1.33 bits per heavy atom. The Bertz CT molecular complexity index is 405. The summed E-state index contributed by atoms with van der Waals surface area (Å²) in [6.07, 6.45) is 2.10. The SMILES string of the molecule is CCCCn1nnc(C(=O)OCC)c1C(C)(C)C. The molecule has 1 rings (SSSR count). The second kappa shape index (κ2) is 5.98. The van der Waals surface area contributed by atoms with Crippen LogP contribution in [0.2, 0.25) is 0 Å². The predicted molar refractivity (Wildman–Crippen MR) is 69.6 cm³/mol. The minimum atomic E-state index is -0.384. The summed E-state index contributed by atoms with van der Waals surface area (Å²) >= 11 is 0. The fraction of sp³-hybridized carbons (Fsp3) is 0.769. The van der Waals surface area contributed by atoms with Crippen molar-refractivity contribution in [3.05, 3.63) is 11.4 Å². The van der Waals surface area contributed by atoms with Gasteiger partial charge in [0.25, 0.3) is 0 Å². The lowest BCUT2D eigenvalue weighted by atomic mass is 9.90. The molecule has 1 aromatic heterocycles. The number of carbonyl (C=O) groups excluding carboxylic acids is 1. The zero-order valence-electron chi connectivity index (χ0n) is 12.0. The Morgan fingerprint density at radius 3 is 2.50 bits per heavy atom. The predicted octanol–water partition coefficient (Wildman–Crippen LogP) is 2.55. The van der Waals surface area contributed by atoms with E-state index in [-0.39, 0.29) is 11.4 Å². The second-order valence-corrected chi connectivity index (χ2v) is 5.33. The van der Waals surface area contributed by atoms with E-state index in [0.717, 1.165) is 25.1 Å². The lowest BCUT2D eigenvalue weighted by molar-refractivity contribution is 0.0516. The van der Waals surface area contributed by atoms with Crippen LogP contribution in [-0.2, 0) is 16.7 Å². The molecule has 0 bridgehead atoms. The molecule has 18 heavy (non-hydrogen) atoms. The smallest absolute Gasteiger partial charge is 0.360 e. The number of rotatable bonds is 5. The summed E-state index contributed by atoms with van der Waals surface area (Å²) in [5, 5.41) is 8.08. The van der Waals surface area contributed by atoms with Crippen LogP contribution in [0.3, 0.4) is 0 Å². The monoisotopic (exact) mass is 253 g/mol. The number of unbranched alkanes of at least 4 members (excludes halogenated alkanes) is 1. The average molecular weight is 253 g/mol. The molecule has 0 atom stereocenters. The van der Waals surface area contributed by atoms with Gasteiger partial charge in [-0.15, -0.1) is 5.10 Å².